The van der Waals surface area contributed by atoms with Crippen LogP contribution in [0.5, 0.6) is 0 Å². The number of rotatable bonds is 4. The molecule has 2 amide bonds. The highest BCUT2D eigenvalue weighted by molar-refractivity contribution is 9.10. The Balaban J connectivity index is 1.80. The van der Waals surface area contributed by atoms with E-state index in [9.17, 15) is 14.4 Å². The smallest absolute Gasteiger partial charge is 0.306 e. The molecule has 5 nitrogen and oxygen atoms in total. The van der Waals surface area contributed by atoms with E-state index in [0.29, 0.717) is 22.9 Å². The van der Waals surface area contributed by atoms with Crippen molar-refractivity contribution in [2.45, 2.75) is 39.2 Å². The van der Waals surface area contributed by atoms with Crippen molar-refractivity contribution in [1.29, 1.82) is 0 Å². The summed E-state index contributed by atoms with van der Waals surface area (Å²) in [5.41, 5.74) is 0.474. The normalized spacial score (nSPS) is 14.1. The van der Waals surface area contributed by atoms with Crippen LogP contribution in [0.2, 0.25) is 0 Å². The van der Waals surface area contributed by atoms with E-state index in [0.717, 1.165) is 9.86 Å². The largest absolute Gasteiger partial charge is 0.460 e. The Kier molecular flexibility index (Phi) is 4.88. The van der Waals surface area contributed by atoms with Gasteiger partial charge >= 0.3 is 5.97 Å². The zero-order chi connectivity index (χ0) is 19.1. The number of imide groups is 1. The number of hydrogen-bond donors (Lipinski definition) is 0. The third-order valence-corrected chi connectivity index (χ3v) is 4.81. The first-order valence-corrected chi connectivity index (χ1v) is 9.27. The molecule has 26 heavy (non-hydrogen) atoms. The third-order valence-electron chi connectivity index (χ3n) is 4.12. The maximum atomic E-state index is 12.8. The monoisotopic (exact) mass is 417 g/mol. The lowest BCUT2D eigenvalue weighted by Gasteiger charge is -2.27. The molecule has 0 saturated carbocycles. The number of amides is 2. The Morgan fingerprint density at radius 3 is 2.38 bits per heavy atom. The first-order valence-electron chi connectivity index (χ1n) is 8.48. The first kappa shape index (κ1) is 18.6. The van der Waals surface area contributed by atoms with E-state index in [1.807, 2.05) is 12.1 Å². The van der Waals surface area contributed by atoms with E-state index < -0.39 is 5.60 Å². The number of halogens is 1. The van der Waals surface area contributed by atoms with E-state index >= 15 is 0 Å². The van der Waals surface area contributed by atoms with Gasteiger partial charge in [-0.2, -0.15) is 0 Å². The molecule has 0 N–H and O–H groups in total. The summed E-state index contributed by atoms with van der Waals surface area (Å²) in [5, 5.41) is 1.52. The Labute approximate surface area is 160 Å². The molecular weight excluding hydrogens is 398 g/mol. The van der Waals surface area contributed by atoms with Crippen molar-refractivity contribution < 1.29 is 19.1 Å². The lowest BCUT2D eigenvalue weighted by Crippen LogP contribution is -2.41. The lowest BCUT2D eigenvalue weighted by molar-refractivity contribution is -0.154. The van der Waals surface area contributed by atoms with Gasteiger partial charge in [-0.3, -0.25) is 19.3 Å². The van der Waals surface area contributed by atoms with Gasteiger partial charge in [-0.05, 0) is 50.8 Å². The van der Waals surface area contributed by atoms with E-state index in [1.54, 1.807) is 39.0 Å². The van der Waals surface area contributed by atoms with Crippen LogP contribution in [0.15, 0.2) is 34.8 Å². The summed E-state index contributed by atoms with van der Waals surface area (Å²) in [4.78, 5) is 38.7. The molecular formula is C20H20BrNO4. The van der Waals surface area contributed by atoms with Crippen LogP contribution >= 0.6 is 15.9 Å². The molecule has 1 heterocycles. The van der Waals surface area contributed by atoms with Crippen LogP contribution in [0.1, 0.15) is 54.3 Å². The van der Waals surface area contributed by atoms with Crippen LogP contribution in [-0.2, 0) is 9.53 Å². The molecule has 0 unspecified atom stereocenters. The second kappa shape index (κ2) is 6.83. The van der Waals surface area contributed by atoms with Gasteiger partial charge in [0.05, 0.1) is 0 Å². The molecule has 0 bridgehead atoms. The Morgan fingerprint density at radius 1 is 1.08 bits per heavy atom. The molecule has 2 aromatic carbocycles. The van der Waals surface area contributed by atoms with E-state index in [-0.39, 0.29) is 30.7 Å². The van der Waals surface area contributed by atoms with Crippen molar-refractivity contribution in [3.8, 4) is 0 Å². The highest BCUT2D eigenvalue weighted by atomic mass is 79.9. The molecule has 136 valence electrons. The first-order chi connectivity index (χ1) is 12.2. The molecule has 0 aromatic heterocycles. The predicted octanol–water partition coefficient (Wildman–Crippen LogP) is 4.32. The van der Waals surface area contributed by atoms with Gasteiger partial charge in [-0.15, -0.1) is 0 Å². The highest BCUT2D eigenvalue weighted by Gasteiger charge is 2.32. The number of hydrogen-bond acceptors (Lipinski definition) is 4. The summed E-state index contributed by atoms with van der Waals surface area (Å²) in [6, 6.07) is 8.96. The second-order valence-corrected chi connectivity index (χ2v) is 8.13. The maximum Gasteiger partial charge on any atom is 0.306 e. The molecule has 1 aliphatic rings. The third kappa shape index (κ3) is 3.51. The molecule has 3 rings (SSSR count). The fourth-order valence-electron chi connectivity index (χ4n) is 3.09. The number of esters is 1. The fraction of sp³-hybridized carbons (Fsp3) is 0.350. The fourth-order valence-corrected chi connectivity index (χ4v) is 3.55. The summed E-state index contributed by atoms with van der Waals surface area (Å²) in [6.07, 6.45) is 0.528. The van der Waals surface area contributed by atoms with Gasteiger partial charge in [0.1, 0.15) is 5.60 Å². The standard InChI is InChI=1S/C20H20BrNO4/c1-20(2,3)26-16(23)8-5-11-22-18(24)13-7-4-6-12-15(21)10-9-14(17(12)13)19(22)25/h4,6-7,9-10H,5,8,11H2,1-3H3. The topological polar surface area (TPSA) is 63.7 Å². The summed E-state index contributed by atoms with van der Waals surface area (Å²) in [6.45, 7) is 5.59. The average Bonchev–Trinajstić information content (AvgIpc) is 2.55. The van der Waals surface area contributed by atoms with Crippen molar-refractivity contribution in [1.82, 2.24) is 4.90 Å². The van der Waals surface area contributed by atoms with Crippen molar-refractivity contribution in [3.63, 3.8) is 0 Å². The molecule has 0 spiro atoms. The minimum absolute atomic E-state index is 0.158. The molecule has 0 radical (unpaired) electrons. The SMILES string of the molecule is CC(C)(C)OC(=O)CCCN1C(=O)c2cccc3c(Br)ccc(c23)C1=O. The average molecular weight is 418 g/mol. The van der Waals surface area contributed by atoms with Gasteiger partial charge in [-0.1, -0.05) is 28.1 Å². The van der Waals surface area contributed by atoms with E-state index in [4.69, 9.17) is 4.74 Å². The van der Waals surface area contributed by atoms with Gasteiger partial charge in [-0.25, -0.2) is 0 Å². The summed E-state index contributed by atoms with van der Waals surface area (Å²) >= 11 is 3.47. The molecule has 0 saturated heterocycles. The van der Waals surface area contributed by atoms with Crippen LogP contribution in [0, 0.1) is 0 Å². The van der Waals surface area contributed by atoms with Crippen molar-refractivity contribution >= 4 is 44.5 Å². The molecule has 6 heteroatoms. The van der Waals surface area contributed by atoms with Gasteiger partial charge in [0.2, 0.25) is 0 Å². The predicted molar refractivity (Wildman–Crippen MR) is 102 cm³/mol. The molecule has 0 atom stereocenters. The zero-order valence-corrected chi connectivity index (χ0v) is 16.6. The van der Waals surface area contributed by atoms with E-state index in [2.05, 4.69) is 15.9 Å². The number of ether oxygens (including phenoxy) is 1. The number of nitrogens with zero attached hydrogens (tertiary/aromatic N) is 1. The van der Waals surface area contributed by atoms with Gasteiger partial charge in [0, 0.05) is 34.0 Å². The highest BCUT2D eigenvalue weighted by Crippen LogP contribution is 2.34. The van der Waals surface area contributed by atoms with Crippen molar-refractivity contribution in [3.05, 3.63) is 45.9 Å². The quantitative estimate of drug-likeness (QED) is 0.548. The van der Waals surface area contributed by atoms with Gasteiger partial charge < -0.3 is 4.74 Å². The zero-order valence-electron chi connectivity index (χ0n) is 15.0. The molecule has 1 aliphatic heterocycles. The Bertz CT molecular complexity index is 892. The molecule has 0 aliphatic carbocycles. The maximum absolute atomic E-state index is 12.8. The number of carbonyl (C=O) groups is 3. The van der Waals surface area contributed by atoms with Crippen LogP contribution in [0.25, 0.3) is 10.8 Å². The van der Waals surface area contributed by atoms with Crippen LogP contribution < -0.4 is 0 Å². The summed E-state index contributed by atoms with van der Waals surface area (Å²) in [5.74, 6) is -0.980. The Hall–Kier alpha value is -2.21. The minimum Gasteiger partial charge on any atom is -0.460 e. The number of benzene rings is 2. The Morgan fingerprint density at radius 2 is 1.73 bits per heavy atom. The summed E-state index contributed by atoms with van der Waals surface area (Å²) < 4.78 is 6.11. The van der Waals surface area contributed by atoms with Gasteiger partial charge in [0.15, 0.2) is 0 Å². The number of carbonyl (C=O) groups excluding carboxylic acids is 3. The molecule has 2 aromatic rings. The lowest BCUT2D eigenvalue weighted by atomic mass is 9.94. The van der Waals surface area contributed by atoms with Crippen LogP contribution in [0.3, 0.4) is 0 Å². The second-order valence-electron chi connectivity index (χ2n) is 7.28. The van der Waals surface area contributed by atoms with Crippen molar-refractivity contribution in [2.24, 2.45) is 0 Å². The summed E-state index contributed by atoms with van der Waals surface area (Å²) in [7, 11) is 0. The van der Waals surface area contributed by atoms with Crippen LogP contribution in [-0.4, -0.2) is 34.8 Å². The van der Waals surface area contributed by atoms with Crippen molar-refractivity contribution in [2.75, 3.05) is 6.54 Å². The minimum atomic E-state index is -0.546. The van der Waals surface area contributed by atoms with Crippen LogP contribution in [0.4, 0.5) is 0 Å². The van der Waals surface area contributed by atoms with Gasteiger partial charge in [0.25, 0.3) is 11.8 Å². The van der Waals surface area contributed by atoms with E-state index in [1.165, 1.54) is 4.90 Å². The molecule has 0 fully saturated rings.